The molecule has 0 unspecified atom stereocenters. The molecule has 0 spiro atoms. The van der Waals surface area contributed by atoms with Gasteiger partial charge in [0.25, 0.3) is 0 Å². The molecular formula is C29H35N3O5. The van der Waals surface area contributed by atoms with Crippen LogP contribution in [0.5, 0.6) is 0 Å². The number of hydrogen-bond acceptors (Lipinski definition) is 5. The van der Waals surface area contributed by atoms with Crippen LogP contribution in [0.3, 0.4) is 0 Å². The van der Waals surface area contributed by atoms with E-state index in [9.17, 15) is 14.7 Å². The van der Waals surface area contributed by atoms with Crippen molar-refractivity contribution in [2.45, 2.75) is 57.0 Å². The largest absolute Gasteiger partial charge is 0.481 e. The predicted molar refractivity (Wildman–Crippen MR) is 140 cm³/mol. The van der Waals surface area contributed by atoms with Crippen LogP contribution in [0.15, 0.2) is 42.5 Å². The van der Waals surface area contributed by atoms with Gasteiger partial charge in [0.1, 0.15) is 5.82 Å². The molecule has 2 heterocycles. The standard InChI is InChI=1S/C29H35N3O5/c1-36-18-23(16-19-6-4-3-5-7-19)32-25-13-12-20-14-15-31(29(35)37-2)17-24(20)26(25)30-27(32)21-8-10-22(11-9-21)28(33)34/h3-7,12-13,21-23H,8-11,14-18H2,1-2H3,(H,33,34)/t21?,22?,23-/m1/s1. The number of amides is 1. The summed E-state index contributed by atoms with van der Waals surface area (Å²) in [6.45, 7) is 1.62. The molecule has 2 aliphatic rings. The zero-order valence-electron chi connectivity index (χ0n) is 21.6. The lowest BCUT2D eigenvalue weighted by atomic mass is 9.81. The Morgan fingerprint density at radius 2 is 1.84 bits per heavy atom. The summed E-state index contributed by atoms with van der Waals surface area (Å²) in [5.74, 6) is 0.189. The molecule has 1 fully saturated rings. The molecule has 0 bridgehead atoms. The van der Waals surface area contributed by atoms with Crippen LogP contribution in [-0.4, -0.2) is 59.0 Å². The van der Waals surface area contributed by atoms with Crippen LogP contribution in [0.4, 0.5) is 4.79 Å². The molecule has 1 saturated carbocycles. The van der Waals surface area contributed by atoms with Crippen molar-refractivity contribution in [3.63, 3.8) is 0 Å². The lowest BCUT2D eigenvalue weighted by Gasteiger charge is -2.29. The molecule has 2 aromatic carbocycles. The molecule has 196 valence electrons. The molecule has 1 N–H and O–H groups in total. The topological polar surface area (TPSA) is 93.9 Å². The normalized spacial score (nSPS) is 20.4. The second kappa shape index (κ2) is 10.9. The molecule has 5 rings (SSSR count). The SMILES string of the molecule is COC[C@@H](Cc1ccccc1)n1c(C2CCC(C(=O)O)CC2)nc2c3c(ccc21)CCN(C(=O)OC)C3. The number of benzene rings is 2. The summed E-state index contributed by atoms with van der Waals surface area (Å²) < 4.78 is 13.1. The van der Waals surface area contributed by atoms with Crippen molar-refractivity contribution >= 4 is 23.1 Å². The van der Waals surface area contributed by atoms with Gasteiger partial charge in [-0.25, -0.2) is 9.78 Å². The minimum Gasteiger partial charge on any atom is -0.481 e. The second-order valence-electron chi connectivity index (χ2n) is 10.2. The highest BCUT2D eigenvalue weighted by Gasteiger charge is 2.33. The molecule has 37 heavy (non-hydrogen) atoms. The average molecular weight is 506 g/mol. The van der Waals surface area contributed by atoms with Crippen LogP contribution >= 0.6 is 0 Å². The van der Waals surface area contributed by atoms with E-state index in [4.69, 9.17) is 14.5 Å². The van der Waals surface area contributed by atoms with Gasteiger partial charge in [-0.3, -0.25) is 4.79 Å². The third kappa shape index (κ3) is 5.07. The van der Waals surface area contributed by atoms with E-state index in [-0.39, 0.29) is 24.0 Å². The number of hydrogen-bond donors (Lipinski definition) is 1. The summed E-state index contributed by atoms with van der Waals surface area (Å²) in [6.07, 6.45) is 4.14. The summed E-state index contributed by atoms with van der Waals surface area (Å²) >= 11 is 0. The number of aromatic nitrogens is 2. The van der Waals surface area contributed by atoms with Gasteiger partial charge in [0.2, 0.25) is 0 Å². The van der Waals surface area contributed by atoms with Gasteiger partial charge in [-0.2, -0.15) is 0 Å². The number of carboxylic acid groups (broad SMARTS) is 1. The number of methoxy groups -OCH3 is 2. The van der Waals surface area contributed by atoms with Crippen LogP contribution < -0.4 is 0 Å². The Kier molecular flexibility index (Phi) is 7.46. The minimum absolute atomic E-state index is 0.0305. The molecule has 1 atom stereocenters. The molecule has 1 amide bonds. The van der Waals surface area contributed by atoms with Gasteiger partial charge < -0.3 is 24.0 Å². The number of imidazole rings is 1. The first kappa shape index (κ1) is 25.3. The summed E-state index contributed by atoms with van der Waals surface area (Å²) in [5, 5.41) is 9.53. The van der Waals surface area contributed by atoms with Gasteiger partial charge in [0, 0.05) is 25.1 Å². The third-order valence-electron chi connectivity index (χ3n) is 8.00. The van der Waals surface area contributed by atoms with Crippen LogP contribution in [-0.2, 0) is 33.7 Å². The van der Waals surface area contributed by atoms with E-state index in [2.05, 4.69) is 41.0 Å². The Hall–Kier alpha value is -3.39. The van der Waals surface area contributed by atoms with Crippen LogP contribution in [0, 0.1) is 5.92 Å². The van der Waals surface area contributed by atoms with Crippen molar-refractivity contribution in [3.8, 4) is 0 Å². The van der Waals surface area contributed by atoms with E-state index < -0.39 is 5.97 Å². The molecule has 8 heteroatoms. The van der Waals surface area contributed by atoms with Crippen molar-refractivity contribution in [3.05, 3.63) is 65.0 Å². The number of carbonyl (C=O) groups is 2. The summed E-state index contributed by atoms with van der Waals surface area (Å²) in [5.41, 5.74) is 5.48. The highest BCUT2D eigenvalue weighted by molar-refractivity contribution is 5.82. The number of carbonyl (C=O) groups excluding carboxylic acids is 1. The fourth-order valence-electron chi connectivity index (χ4n) is 6.07. The van der Waals surface area contributed by atoms with E-state index >= 15 is 0 Å². The van der Waals surface area contributed by atoms with Gasteiger partial charge in [-0.15, -0.1) is 0 Å². The smallest absolute Gasteiger partial charge is 0.409 e. The first-order valence-corrected chi connectivity index (χ1v) is 13.1. The molecule has 1 aliphatic carbocycles. The first-order valence-electron chi connectivity index (χ1n) is 13.1. The Bertz CT molecular complexity index is 1260. The highest BCUT2D eigenvalue weighted by atomic mass is 16.5. The number of carboxylic acids is 1. The third-order valence-corrected chi connectivity index (χ3v) is 8.00. The number of nitrogens with zero attached hydrogens (tertiary/aromatic N) is 3. The number of fused-ring (bicyclic) bond motifs is 3. The number of rotatable bonds is 7. The molecule has 3 aromatic rings. The Morgan fingerprint density at radius 3 is 2.51 bits per heavy atom. The zero-order chi connectivity index (χ0) is 25.9. The zero-order valence-corrected chi connectivity index (χ0v) is 21.6. The van der Waals surface area contributed by atoms with Gasteiger partial charge in [-0.1, -0.05) is 36.4 Å². The van der Waals surface area contributed by atoms with Crippen molar-refractivity contribution in [1.29, 1.82) is 0 Å². The quantitative estimate of drug-likeness (QED) is 0.488. The average Bonchev–Trinajstić information content (AvgIpc) is 3.33. The van der Waals surface area contributed by atoms with E-state index in [1.54, 1.807) is 12.0 Å². The number of aliphatic carboxylic acids is 1. The fraction of sp³-hybridized carbons (Fsp3) is 0.483. The maximum atomic E-state index is 12.3. The van der Waals surface area contributed by atoms with Gasteiger partial charge in [0.05, 0.1) is 43.3 Å². The maximum absolute atomic E-state index is 12.3. The van der Waals surface area contributed by atoms with Crippen molar-refractivity contribution < 1.29 is 24.2 Å². The maximum Gasteiger partial charge on any atom is 0.409 e. The van der Waals surface area contributed by atoms with E-state index in [0.717, 1.165) is 48.1 Å². The molecule has 1 aromatic heterocycles. The van der Waals surface area contributed by atoms with Crippen LogP contribution in [0.25, 0.3) is 11.0 Å². The van der Waals surface area contributed by atoms with E-state index in [1.165, 1.54) is 18.2 Å². The van der Waals surface area contributed by atoms with Gasteiger partial charge in [0.15, 0.2) is 0 Å². The Balaban J connectivity index is 1.60. The van der Waals surface area contributed by atoms with Crippen LogP contribution in [0.2, 0.25) is 0 Å². The van der Waals surface area contributed by atoms with Crippen molar-refractivity contribution in [1.82, 2.24) is 14.5 Å². The number of ether oxygens (including phenoxy) is 2. The minimum atomic E-state index is -0.703. The Labute approximate surface area is 217 Å². The fourth-order valence-corrected chi connectivity index (χ4v) is 6.07. The summed E-state index contributed by atoms with van der Waals surface area (Å²) in [6, 6.07) is 14.8. The highest BCUT2D eigenvalue weighted by Crippen LogP contribution is 2.40. The van der Waals surface area contributed by atoms with Crippen LogP contribution in [0.1, 0.15) is 60.2 Å². The van der Waals surface area contributed by atoms with Crippen molar-refractivity contribution in [2.24, 2.45) is 5.92 Å². The summed E-state index contributed by atoms with van der Waals surface area (Å²) in [4.78, 5) is 30.9. The second-order valence-corrected chi connectivity index (χ2v) is 10.2. The molecular weight excluding hydrogens is 470 g/mol. The Morgan fingerprint density at radius 1 is 1.08 bits per heavy atom. The molecule has 1 aliphatic heterocycles. The van der Waals surface area contributed by atoms with Gasteiger partial charge in [-0.05, 0) is 55.7 Å². The van der Waals surface area contributed by atoms with E-state index in [0.29, 0.717) is 32.5 Å². The predicted octanol–water partition coefficient (Wildman–Crippen LogP) is 4.95. The monoisotopic (exact) mass is 505 g/mol. The van der Waals surface area contributed by atoms with Gasteiger partial charge >= 0.3 is 12.1 Å². The van der Waals surface area contributed by atoms with E-state index in [1.807, 2.05) is 6.07 Å². The first-order chi connectivity index (χ1) is 18.0. The molecule has 0 radical (unpaired) electrons. The lowest BCUT2D eigenvalue weighted by Crippen LogP contribution is -2.35. The van der Waals surface area contributed by atoms with Crippen molar-refractivity contribution in [2.75, 3.05) is 27.4 Å². The summed E-state index contributed by atoms with van der Waals surface area (Å²) in [7, 11) is 3.14. The molecule has 0 saturated heterocycles. The molecule has 8 nitrogen and oxygen atoms in total. The lowest BCUT2D eigenvalue weighted by molar-refractivity contribution is -0.142.